The Morgan fingerprint density at radius 3 is 2.47 bits per heavy atom. The highest BCUT2D eigenvalue weighted by molar-refractivity contribution is 5.28. The normalized spacial score (nSPS) is 17.9. The molecule has 0 bridgehead atoms. The average Bonchev–Trinajstić information content (AvgIpc) is 2.19. The zero-order chi connectivity index (χ0) is 10.7. The smallest absolute Gasteiger partial charge is 0.123 e. The van der Waals surface area contributed by atoms with Crippen LogP contribution >= 0.6 is 0 Å². The van der Waals surface area contributed by atoms with Gasteiger partial charge < -0.3 is 4.74 Å². The van der Waals surface area contributed by atoms with Crippen molar-refractivity contribution >= 4 is 0 Å². The van der Waals surface area contributed by atoms with Gasteiger partial charge in [-0.3, -0.25) is 0 Å². The zero-order valence-electron chi connectivity index (χ0n) is 8.37. The molecule has 0 radical (unpaired) electrons. The molecule has 1 aromatic carbocycles. The fourth-order valence-corrected chi connectivity index (χ4v) is 1.90. The highest BCUT2D eigenvalue weighted by Gasteiger charge is 2.39. The summed E-state index contributed by atoms with van der Waals surface area (Å²) in [5.41, 5.74) is 1.02. The van der Waals surface area contributed by atoms with Crippen LogP contribution in [0.4, 0.5) is 4.39 Å². The van der Waals surface area contributed by atoms with E-state index in [0.717, 1.165) is 12.0 Å². The summed E-state index contributed by atoms with van der Waals surface area (Å²) < 4.78 is 18.0. The van der Waals surface area contributed by atoms with Crippen molar-refractivity contribution in [2.75, 3.05) is 13.2 Å². The van der Waals surface area contributed by atoms with Gasteiger partial charge in [0.1, 0.15) is 5.82 Å². The lowest BCUT2D eigenvalue weighted by molar-refractivity contribution is -0.0637. The zero-order valence-corrected chi connectivity index (χ0v) is 8.37. The molecule has 0 unspecified atom stereocenters. The van der Waals surface area contributed by atoms with E-state index < -0.39 is 0 Å². The Bertz CT molecular complexity index is 376. The van der Waals surface area contributed by atoms with Crippen LogP contribution in [-0.4, -0.2) is 13.2 Å². The van der Waals surface area contributed by atoms with E-state index in [2.05, 4.69) is 6.07 Å². The van der Waals surface area contributed by atoms with Crippen LogP contribution in [0.2, 0.25) is 0 Å². The largest absolute Gasteiger partial charge is 0.379 e. The topological polar surface area (TPSA) is 33.0 Å². The molecule has 1 aromatic rings. The minimum absolute atomic E-state index is 0.0522. The third kappa shape index (κ3) is 1.86. The van der Waals surface area contributed by atoms with Gasteiger partial charge in [-0.25, -0.2) is 4.39 Å². The van der Waals surface area contributed by atoms with Crippen LogP contribution in [-0.2, 0) is 10.2 Å². The second kappa shape index (κ2) is 4.00. The quantitative estimate of drug-likeness (QED) is 0.759. The van der Waals surface area contributed by atoms with E-state index >= 15 is 0 Å². The minimum atomic E-state index is -0.227. The number of benzene rings is 1. The summed E-state index contributed by atoms with van der Waals surface area (Å²) in [5.74, 6) is -0.227. The van der Waals surface area contributed by atoms with Gasteiger partial charge in [0.05, 0.1) is 19.3 Å². The summed E-state index contributed by atoms with van der Waals surface area (Å²) >= 11 is 0. The van der Waals surface area contributed by atoms with E-state index in [4.69, 9.17) is 10.00 Å². The van der Waals surface area contributed by atoms with Crippen molar-refractivity contribution in [2.24, 2.45) is 0 Å². The molecule has 2 nitrogen and oxygen atoms in total. The fourth-order valence-electron chi connectivity index (χ4n) is 1.90. The maximum atomic E-state index is 12.8. The monoisotopic (exact) mass is 205 g/mol. The summed E-state index contributed by atoms with van der Waals surface area (Å²) in [7, 11) is 0. The summed E-state index contributed by atoms with van der Waals surface area (Å²) in [6.07, 6.45) is 1.30. The molecular formula is C12H12FNO. The first-order valence-electron chi connectivity index (χ1n) is 4.98. The lowest BCUT2D eigenvalue weighted by Gasteiger charge is -2.41. The summed E-state index contributed by atoms with van der Waals surface area (Å²) in [6.45, 7) is 1.28. The molecule has 0 saturated carbocycles. The third-order valence-electron chi connectivity index (χ3n) is 2.93. The summed E-state index contributed by atoms with van der Waals surface area (Å²) in [6, 6.07) is 8.64. The van der Waals surface area contributed by atoms with Crippen LogP contribution in [0.3, 0.4) is 0 Å². The van der Waals surface area contributed by atoms with E-state index in [1.54, 1.807) is 12.1 Å². The number of nitrogens with zero attached hydrogens (tertiary/aromatic N) is 1. The van der Waals surface area contributed by atoms with Gasteiger partial charge >= 0.3 is 0 Å². The molecule has 0 amide bonds. The van der Waals surface area contributed by atoms with Gasteiger partial charge in [0.15, 0.2) is 0 Å². The SMILES string of the molecule is N#CCCC1(c2ccc(F)cc2)COC1. The van der Waals surface area contributed by atoms with Crippen molar-refractivity contribution in [1.82, 2.24) is 0 Å². The molecule has 0 atom stereocenters. The van der Waals surface area contributed by atoms with Gasteiger partial charge in [-0.05, 0) is 24.1 Å². The lowest BCUT2D eigenvalue weighted by atomic mass is 9.75. The first-order valence-corrected chi connectivity index (χ1v) is 4.98. The summed E-state index contributed by atoms with van der Waals surface area (Å²) in [4.78, 5) is 0. The molecule has 15 heavy (non-hydrogen) atoms. The Kier molecular flexibility index (Phi) is 2.70. The first-order chi connectivity index (χ1) is 7.27. The molecule has 1 fully saturated rings. The molecule has 0 aromatic heterocycles. The van der Waals surface area contributed by atoms with Crippen molar-refractivity contribution in [1.29, 1.82) is 5.26 Å². The van der Waals surface area contributed by atoms with Crippen LogP contribution in [0.25, 0.3) is 0 Å². The Balaban J connectivity index is 2.19. The van der Waals surface area contributed by atoms with E-state index in [1.807, 2.05) is 0 Å². The van der Waals surface area contributed by atoms with Crippen molar-refractivity contribution in [2.45, 2.75) is 18.3 Å². The Morgan fingerprint density at radius 2 is 2.00 bits per heavy atom. The van der Waals surface area contributed by atoms with Gasteiger partial charge in [-0.15, -0.1) is 0 Å². The minimum Gasteiger partial charge on any atom is -0.379 e. The highest BCUT2D eigenvalue weighted by atomic mass is 19.1. The van der Waals surface area contributed by atoms with Crippen LogP contribution in [0.5, 0.6) is 0 Å². The van der Waals surface area contributed by atoms with Crippen LogP contribution in [0.15, 0.2) is 24.3 Å². The molecule has 1 aliphatic heterocycles. The maximum absolute atomic E-state index is 12.8. The van der Waals surface area contributed by atoms with E-state index in [9.17, 15) is 4.39 Å². The Morgan fingerprint density at radius 1 is 1.33 bits per heavy atom. The van der Waals surface area contributed by atoms with Gasteiger partial charge in [-0.2, -0.15) is 5.26 Å². The number of hydrogen-bond acceptors (Lipinski definition) is 2. The molecule has 1 aliphatic rings. The molecule has 2 rings (SSSR count). The molecule has 0 N–H and O–H groups in total. The standard InChI is InChI=1S/C12H12FNO/c13-11-4-2-10(3-5-11)12(6-1-7-14)8-15-9-12/h2-5H,1,6,8-9H2. The van der Waals surface area contributed by atoms with Crippen molar-refractivity contribution < 1.29 is 9.13 Å². The number of halogens is 1. The third-order valence-corrected chi connectivity index (χ3v) is 2.93. The predicted molar refractivity (Wildman–Crippen MR) is 53.7 cm³/mol. The van der Waals surface area contributed by atoms with Gasteiger partial charge in [0.25, 0.3) is 0 Å². The number of hydrogen-bond donors (Lipinski definition) is 0. The van der Waals surface area contributed by atoms with Gasteiger partial charge in [-0.1, -0.05) is 12.1 Å². The number of rotatable bonds is 3. The molecule has 3 heteroatoms. The molecule has 0 aliphatic carbocycles. The van der Waals surface area contributed by atoms with Crippen molar-refractivity contribution in [3.63, 3.8) is 0 Å². The second-order valence-corrected chi connectivity index (χ2v) is 3.94. The van der Waals surface area contributed by atoms with E-state index in [1.165, 1.54) is 12.1 Å². The van der Waals surface area contributed by atoms with E-state index in [0.29, 0.717) is 19.6 Å². The van der Waals surface area contributed by atoms with Gasteiger partial charge in [0.2, 0.25) is 0 Å². The molecule has 78 valence electrons. The number of ether oxygens (including phenoxy) is 1. The van der Waals surface area contributed by atoms with Gasteiger partial charge in [0, 0.05) is 11.8 Å². The molecule has 0 spiro atoms. The Labute approximate surface area is 88.3 Å². The van der Waals surface area contributed by atoms with Crippen LogP contribution < -0.4 is 0 Å². The predicted octanol–water partition coefficient (Wildman–Crippen LogP) is 2.40. The molecule has 1 heterocycles. The molecule has 1 saturated heterocycles. The Hall–Kier alpha value is -1.40. The van der Waals surface area contributed by atoms with Crippen LogP contribution in [0.1, 0.15) is 18.4 Å². The second-order valence-electron chi connectivity index (χ2n) is 3.94. The number of nitriles is 1. The first kappa shape index (κ1) is 10.1. The highest BCUT2D eigenvalue weighted by Crippen LogP contribution is 2.36. The summed E-state index contributed by atoms with van der Waals surface area (Å²) in [5, 5.41) is 8.59. The molecular weight excluding hydrogens is 193 g/mol. The average molecular weight is 205 g/mol. The van der Waals surface area contributed by atoms with Crippen LogP contribution in [0, 0.1) is 17.1 Å². The van der Waals surface area contributed by atoms with E-state index in [-0.39, 0.29) is 11.2 Å². The maximum Gasteiger partial charge on any atom is 0.123 e. The fraction of sp³-hybridized carbons (Fsp3) is 0.417. The van der Waals surface area contributed by atoms with Crippen molar-refractivity contribution in [3.8, 4) is 6.07 Å². The lowest BCUT2D eigenvalue weighted by Crippen LogP contribution is -2.46. The van der Waals surface area contributed by atoms with Crippen molar-refractivity contribution in [3.05, 3.63) is 35.6 Å².